The number of rotatable bonds is 11. The fraction of sp³-hybridized carbons (Fsp3) is 0.278. The molecule has 0 atom stereocenters. The molecule has 0 saturated heterocycles. The average molecular weight is 703 g/mol. The maximum atomic E-state index is 14.8. The van der Waals surface area contributed by atoms with Gasteiger partial charge in [-0.2, -0.15) is 0 Å². The van der Waals surface area contributed by atoms with Gasteiger partial charge >= 0.3 is 5.97 Å². The molecule has 1 aliphatic rings. The molecule has 48 heavy (non-hydrogen) atoms. The molecule has 4 aromatic carbocycles. The molecule has 0 aliphatic heterocycles. The molecule has 1 N–H and O–H groups in total. The van der Waals surface area contributed by atoms with E-state index in [2.05, 4.69) is 26.8 Å². The zero-order chi connectivity index (χ0) is 34.9. The highest BCUT2D eigenvalue weighted by molar-refractivity contribution is 7.97. The van der Waals surface area contributed by atoms with Crippen LogP contribution in [0.5, 0.6) is 0 Å². The van der Waals surface area contributed by atoms with Gasteiger partial charge in [0.25, 0.3) is 0 Å². The van der Waals surface area contributed by atoms with E-state index in [0.29, 0.717) is 22.2 Å². The minimum absolute atomic E-state index is 0.00290. The molecule has 0 unspecified atom stereocenters. The normalized spacial score (nSPS) is 13.2. The lowest BCUT2D eigenvalue weighted by molar-refractivity contribution is -0.118. The number of carboxylic acids is 1. The average Bonchev–Trinajstić information content (AvgIpc) is 3.90. The zero-order valence-corrected chi connectivity index (χ0v) is 27.9. The Balaban J connectivity index is 1.54. The number of carboxylic acid groups (broad SMARTS) is 1. The number of halogens is 6. The van der Waals surface area contributed by atoms with Crippen molar-refractivity contribution in [2.45, 2.75) is 62.9 Å². The number of carbonyl (C=O) groups excluding carboxylic acids is 1. The van der Waals surface area contributed by atoms with Crippen molar-refractivity contribution < 1.29 is 36.6 Å². The first-order chi connectivity index (χ1) is 22.6. The van der Waals surface area contributed by atoms with Crippen molar-refractivity contribution in [1.82, 2.24) is 4.31 Å². The van der Waals surface area contributed by atoms with Gasteiger partial charge in [-0.25, -0.2) is 31.1 Å². The number of benzene rings is 4. The summed E-state index contributed by atoms with van der Waals surface area (Å²) < 4.78 is 73.0. The quantitative estimate of drug-likeness (QED) is 0.0730. The molecule has 5 nitrogen and oxygen atoms in total. The highest BCUT2D eigenvalue weighted by atomic mass is 35.5. The predicted octanol–water partition coefficient (Wildman–Crippen LogP) is 9.65. The van der Waals surface area contributed by atoms with Crippen LogP contribution in [-0.2, 0) is 23.3 Å². The smallest absolute Gasteiger partial charge is 0.335 e. The van der Waals surface area contributed by atoms with Crippen LogP contribution in [0.3, 0.4) is 0 Å². The molecule has 4 aromatic rings. The summed E-state index contributed by atoms with van der Waals surface area (Å²) in [6.45, 7) is 5.66. The Morgan fingerprint density at radius 2 is 1.40 bits per heavy atom. The Morgan fingerprint density at radius 3 is 1.94 bits per heavy atom. The highest BCUT2D eigenvalue weighted by Gasteiger charge is 2.30. The molecule has 12 heteroatoms. The second kappa shape index (κ2) is 14.3. The molecular formula is C36H32ClF5N2O3S. The van der Waals surface area contributed by atoms with E-state index in [4.69, 9.17) is 11.6 Å². The molecule has 0 heterocycles. The SMILES string of the molecule is CC(C)(C)c1cc(CN(C(=O)CN(Cc2ccc(Cl)cc2)Sc2c(F)c(F)c(F)c(F)c2F)c2ccc(C(=O)O)cc2)cc(C2CC2)c1. The molecule has 0 bridgehead atoms. The first kappa shape index (κ1) is 35.4. The summed E-state index contributed by atoms with van der Waals surface area (Å²) in [5, 5.41) is 9.84. The third-order valence-electron chi connectivity index (χ3n) is 7.97. The number of aromatic carboxylic acids is 1. The maximum Gasteiger partial charge on any atom is 0.335 e. The van der Waals surface area contributed by atoms with Crippen molar-refractivity contribution in [3.63, 3.8) is 0 Å². The summed E-state index contributed by atoms with van der Waals surface area (Å²) in [5.74, 6) is -11.8. The molecule has 252 valence electrons. The molecule has 1 aliphatic carbocycles. The van der Waals surface area contributed by atoms with Gasteiger partial charge in [-0.05, 0) is 94.8 Å². The third kappa shape index (κ3) is 8.19. The van der Waals surface area contributed by atoms with Crippen molar-refractivity contribution in [3.05, 3.63) is 129 Å². The Morgan fingerprint density at radius 1 is 0.812 bits per heavy atom. The van der Waals surface area contributed by atoms with Gasteiger partial charge in [0.2, 0.25) is 11.7 Å². The topological polar surface area (TPSA) is 60.9 Å². The molecule has 0 spiro atoms. The van der Waals surface area contributed by atoms with E-state index in [1.165, 1.54) is 33.5 Å². The van der Waals surface area contributed by atoms with E-state index in [1.807, 2.05) is 12.1 Å². The Labute approximate surface area is 284 Å². The zero-order valence-electron chi connectivity index (χ0n) is 26.3. The molecule has 0 aromatic heterocycles. The van der Waals surface area contributed by atoms with Crippen LogP contribution in [-0.4, -0.2) is 27.8 Å². The van der Waals surface area contributed by atoms with Crippen molar-refractivity contribution in [1.29, 1.82) is 0 Å². The van der Waals surface area contributed by atoms with Gasteiger partial charge in [0.1, 0.15) is 4.90 Å². The van der Waals surface area contributed by atoms with Crippen LogP contribution in [0.15, 0.2) is 71.6 Å². The van der Waals surface area contributed by atoms with Gasteiger partial charge in [-0.1, -0.05) is 62.7 Å². The third-order valence-corrected chi connectivity index (χ3v) is 9.28. The second-order valence-corrected chi connectivity index (χ2v) is 14.3. The highest BCUT2D eigenvalue weighted by Crippen LogP contribution is 2.42. The van der Waals surface area contributed by atoms with E-state index >= 15 is 0 Å². The number of anilines is 1. The maximum absolute atomic E-state index is 14.8. The van der Waals surface area contributed by atoms with Crippen LogP contribution in [0.25, 0.3) is 0 Å². The van der Waals surface area contributed by atoms with E-state index in [-0.39, 0.29) is 36.0 Å². The standard InChI is InChI=1S/C36H32ClF5N2O3S/c1-36(2,3)25-15-21(14-24(16-25)22-6-7-22)18-44(27-12-8-23(9-13-27)35(46)47)28(45)19-43(17-20-4-10-26(37)11-5-20)48-34-32(41)30(39)29(38)31(40)33(34)42/h4-5,8-16,22H,6-7,17-19H2,1-3H3,(H,46,47). The van der Waals surface area contributed by atoms with E-state index in [9.17, 15) is 36.6 Å². The lowest BCUT2D eigenvalue weighted by atomic mass is 9.84. The Kier molecular flexibility index (Phi) is 10.5. The van der Waals surface area contributed by atoms with Crippen LogP contribution < -0.4 is 4.90 Å². The summed E-state index contributed by atoms with van der Waals surface area (Å²) in [4.78, 5) is 26.0. The molecule has 1 fully saturated rings. The lowest BCUT2D eigenvalue weighted by Crippen LogP contribution is -2.38. The summed E-state index contributed by atoms with van der Waals surface area (Å²) >= 11 is 6.24. The number of nitrogens with zero attached hydrogens (tertiary/aromatic N) is 2. The molecular weight excluding hydrogens is 671 g/mol. The minimum Gasteiger partial charge on any atom is -0.478 e. The van der Waals surface area contributed by atoms with Crippen molar-refractivity contribution >= 4 is 41.1 Å². The van der Waals surface area contributed by atoms with Gasteiger partial charge in [0.05, 0.1) is 18.7 Å². The number of hydrogen-bond donors (Lipinski definition) is 1. The Hall–Kier alpha value is -3.93. The summed E-state index contributed by atoms with van der Waals surface area (Å²) in [6.07, 6.45) is 2.11. The van der Waals surface area contributed by atoms with Crippen LogP contribution in [0.2, 0.25) is 5.02 Å². The van der Waals surface area contributed by atoms with Crippen LogP contribution >= 0.6 is 23.5 Å². The fourth-order valence-electron chi connectivity index (χ4n) is 5.13. The van der Waals surface area contributed by atoms with E-state index < -0.39 is 52.4 Å². The molecule has 1 saturated carbocycles. The van der Waals surface area contributed by atoms with Crippen LogP contribution in [0.1, 0.15) is 72.1 Å². The summed E-state index contributed by atoms with van der Waals surface area (Å²) in [5.41, 5.74) is 3.75. The minimum atomic E-state index is -2.28. The van der Waals surface area contributed by atoms with Gasteiger partial charge in [0, 0.05) is 17.3 Å². The van der Waals surface area contributed by atoms with Gasteiger partial charge in [0.15, 0.2) is 23.3 Å². The molecule has 5 rings (SSSR count). The van der Waals surface area contributed by atoms with Crippen LogP contribution in [0, 0.1) is 29.1 Å². The predicted molar refractivity (Wildman–Crippen MR) is 176 cm³/mol. The second-order valence-electron chi connectivity index (χ2n) is 12.7. The summed E-state index contributed by atoms with van der Waals surface area (Å²) in [6, 6.07) is 18.2. The van der Waals surface area contributed by atoms with E-state index in [1.54, 1.807) is 24.3 Å². The first-order valence-electron chi connectivity index (χ1n) is 15.1. The van der Waals surface area contributed by atoms with Crippen LogP contribution in [0.4, 0.5) is 27.6 Å². The molecule has 0 radical (unpaired) electrons. The van der Waals surface area contributed by atoms with Gasteiger partial charge < -0.3 is 10.0 Å². The first-order valence-corrected chi connectivity index (χ1v) is 16.2. The fourth-order valence-corrected chi connectivity index (χ4v) is 6.24. The number of carbonyl (C=O) groups is 2. The van der Waals surface area contributed by atoms with Gasteiger partial charge in [-0.3, -0.25) is 4.79 Å². The monoisotopic (exact) mass is 702 g/mol. The van der Waals surface area contributed by atoms with Crippen molar-refractivity contribution in [2.75, 3.05) is 11.4 Å². The van der Waals surface area contributed by atoms with Gasteiger partial charge in [-0.15, -0.1) is 0 Å². The lowest BCUT2D eigenvalue weighted by Gasteiger charge is -2.29. The molecule has 1 amide bonds. The Bertz CT molecular complexity index is 1820. The van der Waals surface area contributed by atoms with Crippen molar-refractivity contribution in [3.8, 4) is 0 Å². The van der Waals surface area contributed by atoms with Crippen molar-refractivity contribution in [2.24, 2.45) is 0 Å². The number of amides is 1. The largest absolute Gasteiger partial charge is 0.478 e. The van der Waals surface area contributed by atoms with E-state index in [0.717, 1.165) is 29.5 Å². The summed E-state index contributed by atoms with van der Waals surface area (Å²) in [7, 11) is 0. The number of hydrogen-bond acceptors (Lipinski definition) is 4.